The minimum absolute atomic E-state index is 0.321. The van der Waals surface area contributed by atoms with E-state index < -0.39 is 11.9 Å². The molecule has 17 heavy (non-hydrogen) atoms. The molecule has 5 heteroatoms. The zero-order valence-corrected chi connectivity index (χ0v) is 9.04. The Hall–Kier alpha value is -1.62. The first-order chi connectivity index (χ1) is 8.07. The van der Waals surface area contributed by atoms with Gasteiger partial charge >= 0.3 is 6.18 Å². The van der Waals surface area contributed by atoms with E-state index in [1.165, 1.54) is 5.32 Å². The van der Waals surface area contributed by atoms with Gasteiger partial charge in [0.25, 0.3) is 0 Å². The van der Waals surface area contributed by atoms with E-state index in [-0.39, 0.29) is 0 Å². The van der Waals surface area contributed by atoms with Crippen molar-refractivity contribution in [3.05, 3.63) is 47.7 Å². The van der Waals surface area contributed by atoms with E-state index in [2.05, 4.69) is 4.99 Å². The molecular formula is C12H12F3N2+. The van der Waals surface area contributed by atoms with E-state index >= 15 is 0 Å². The van der Waals surface area contributed by atoms with Crippen molar-refractivity contribution in [3.63, 3.8) is 0 Å². The first-order valence-electron chi connectivity index (χ1n) is 5.29. The molecular weight excluding hydrogens is 229 g/mol. The smallest absolute Gasteiger partial charge is 0.308 e. The minimum Gasteiger partial charge on any atom is -0.308 e. The molecule has 90 valence electrons. The lowest BCUT2D eigenvalue weighted by molar-refractivity contribution is -0.622. The van der Waals surface area contributed by atoms with Gasteiger partial charge in [-0.25, -0.2) is 0 Å². The van der Waals surface area contributed by atoms with Gasteiger partial charge in [0.2, 0.25) is 5.70 Å². The predicted octanol–water partition coefficient (Wildman–Crippen LogP) is 1.50. The van der Waals surface area contributed by atoms with Crippen molar-refractivity contribution in [1.29, 1.82) is 0 Å². The van der Waals surface area contributed by atoms with Crippen LogP contribution in [0.25, 0.3) is 0 Å². The fourth-order valence-corrected chi connectivity index (χ4v) is 1.64. The van der Waals surface area contributed by atoms with Crippen LogP contribution < -0.4 is 5.32 Å². The molecule has 0 amide bonds. The van der Waals surface area contributed by atoms with E-state index in [9.17, 15) is 13.2 Å². The summed E-state index contributed by atoms with van der Waals surface area (Å²) in [5, 5.41) is 1.19. The Labute approximate surface area is 96.9 Å². The number of rotatable bonds is 1. The average molecular weight is 241 g/mol. The van der Waals surface area contributed by atoms with Gasteiger partial charge in [0.1, 0.15) is 6.54 Å². The number of halogens is 3. The van der Waals surface area contributed by atoms with Crippen molar-refractivity contribution < 1.29 is 18.5 Å². The SMILES string of the molecule is FC(F)(F)C1=CC(c2ccccc2)=NCC[NH2+]1. The number of quaternary nitrogens is 1. The molecule has 2 nitrogen and oxygen atoms in total. The van der Waals surface area contributed by atoms with Gasteiger partial charge in [0, 0.05) is 6.08 Å². The summed E-state index contributed by atoms with van der Waals surface area (Å²) in [7, 11) is 0. The molecule has 1 aromatic carbocycles. The zero-order chi connectivity index (χ0) is 12.3. The molecule has 0 unspecified atom stereocenters. The third-order valence-corrected chi connectivity index (χ3v) is 2.46. The maximum Gasteiger partial charge on any atom is 0.466 e. The first kappa shape index (κ1) is 11.9. The van der Waals surface area contributed by atoms with Crippen LogP contribution in [-0.2, 0) is 0 Å². The maximum atomic E-state index is 12.7. The number of alkyl halides is 3. The topological polar surface area (TPSA) is 29.0 Å². The molecule has 0 fully saturated rings. The molecule has 0 aliphatic carbocycles. The quantitative estimate of drug-likeness (QED) is 0.772. The Morgan fingerprint density at radius 1 is 1.12 bits per heavy atom. The lowest BCUT2D eigenvalue weighted by atomic mass is 10.1. The standard InChI is InChI=1S/C12H11F3N2/c13-12(14,15)11-8-10(16-6-7-17-11)9-4-2-1-3-5-9/h1-5,8,17H,6-7H2/p+1. The number of hydrogen-bond donors (Lipinski definition) is 1. The summed E-state index contributed by atoms with van der Waals surface area (Å²) in [5.41, 5.74) is 0.494. The molecule has 2 rings (SSSR count). The van der Waals surface area contributed by atoms with Crippen molar-refractivity contribution in [2.75, 3.05) is 13.1 Å². The third-order valence-electron chi connectivity index (χ3n) is 2.46. The lowest BCUT2D eigenvalue weighted by Gasteiger charge is -2.07. The molecule has 1 aromatic rings. The molecule has 0 atom stereocenters. The minimum atomic E-state index is -4.31. The number of hydrogen-bond acceptors (Lipinski definition) is 1. The van der Waals surface area contributed by atoms with Crippen molar-refractivity contribution in [1.82, 2.24) is 0 Å². The average Bonchev–Trinajstić information content (AvgIpc) is 2.55. The van der Waals surface area contributed by atoms with E-state index in [0.29, 0.717) is 24.4 Å². The van der Waals surface area contributed by atoms with Gasteiger partial charge in [-0.05, 0) is 5.56 Å². The summed E-state index contributed by atoms with van der Waals surface area (Å²) >= 11 is 0. The van der Waals surface area contributed by atoms with Crippen LogP contribution in [0.5, 0.6) is 0 Å². The number of nitrogens with two attached hydrogens (primary N) is 1. The highest BCUT2D eigenvalue weighted by Crippen LogP contribution is 2.21. The van der Waals surface area contributed by atoms with E-state index in [4.69, 9.17) is 0 Å². The third kappa shape index (κ3) is 2.94. The van der Waals surface area contributed by atoms with Crippen molar-refractivity contribution >= 4 is 5.71 Å². The number of nitrogens with zero attached hydrogens (tertiary/aromatic N) is 1. The lowest BCUT2D eigenvalue weighted by Crippen LogP contribution is -2.85. The Bertz CT molecular complexity index is 447. The number of aliphatic imine (C=N–C) groups is 1. The number of allylic oxidation sites excluding steroid dienone is 2. The van der Waals surface area contributed by atoms with Gasteiger partial charge in [-0.2, -0.15) is 13.2 Å². The predicted molar refractivity (Wildman–Crippen MR) is 58.8 cm³/mol. The van der Waals surface area contributed by atoms with Gasteiger partial charge in [0.05, 0.1) is 12.3 Å². The fraction of sp³-hybridized carbons (Fsp3) is 0.250. The van der Waals surface area contributed by atoms with Crippen LogP contribution in [-0.4, -0.2) is 25.0 Å². The summed E-state index contributed by atoms with van der Waals surface area (Å²) in [6, 6.07) is 8.91. The largest absolute Gasteiger partial charge is 0.466 e. The molecule has 0 saturated heterocycles. The van der Waals surface area contributed by atoms with Crippen LogP contribution in [0, 0.1) is 0 Å². The molecule has 0 radical (unpaired) electrons. The number of benzene rings is 1. The zero-order valence-electron chi connectivity index (χ0n) is 9.04. The highest BCUT2D eigenvalue weighted by Gasteiger charge is 2.38. The molecule has 0 saturated carbocycles. The highest BCUT2D eigenvalue weighted by atomic mass is 19.4. The van der Waals surface area contributed by atoms with Crippen LogP contribution in [0.1, 0.15) is 5.56 Å². The van der Waals surface area contributed by atoms with E-state index in [1.54, 1.807) is 24.3 Å². The van der Waals surface area contributed by atoms with Crippen LogP contribution in [0.15, 0.2) is 47.1 Å². The second kappa shape index (κ2) is 4.71. The molecule has 1 heterocycles. The van der Waals surface area contributed by atoms with Gasteiger partial charge in [-0.1, -0.05) is 30.3 Å². The second-order valence-corrected chi connectivity index (χ2v) is 3.72. The summed E-state index contributed by atoms with van der Waals surface area (Å²) in [6.45, 7) is 0.710. The van der Waals surface area contributed by atoms with Crippen molar-refractivity contribution in [2.24, 2.45) is 4.99 Å². The molecule has 0 aromatic heterocycles. The Morgan fingerprint density at radius 3 is 2.47 bits per heavy atom. The first-order valence-corrected chi connectivity index (χ1v) is 5.29. The molecule has 0 bridgehead atoms. The van der Waals surface area contributed by atoms with Crippen molar-refractivity contribution in [3.8, 4) is 0 Å². The normalized spacial score (nSPS) is 17.1. The summed E-state index contributed by atoms with van der Waals surface area (Å²) < 4.78 is 38.0. The van der Waals surface area contributed by atoms with Gasteiger partial charge in [0.15, 0.2) is 0 Å². The fourth-order valence-electron chi connectivity index (χ4n) is 1.64. The van der Waals surface area contributed by atoms with Crippen LogP contribution in [0.4, 0.5) is 13.2 Å². The van der Waals surface area contributed by atoms with E-state index in [1.807, 2.05) is 6.07 Å². The molecule has 0 spiro atoms. The molecule has 1 aliphatic rings. The monoisotopic (exact) mass is 241 g/mol. The molecule has 2 N–H and O–H groups in total. The van der Waals surface area contributed by atoms with Crippen LogP contribution >= 0.6 is 0 Å². The maximum absolute atomic E-state index is 12.7. The van der Waals surface area contributed by atoms with Crippen LogP contribution in [0.2, 0.25) is 0 Å². The van der Waals surface area contributed by atoms with Crippen molar-refractivity contribution in [2.45, 2.75) is 6.18 Å². The Morgan fingerprint density at radius 2 is 1.82 bits per heavy atom. The summed E-state index contributed by atoms with van der Waals surface area (Å²) in [5.74, 6) is 0. The summed E-state index contributed by atoms with van der Waals surface area (Å²) in [4.78, 5) is 4.17. The second-order valence-electron chi connectivity index (χ2n) is 3.72. The Balaban J connectivity index is 2.36. The van der Waals surface area contributed by atoms with Gasteiger partial charge in [-0.15, -0.1) is 0 Å². The Kier molecular flexibility index (Phi) is 3.28. The summed E-state index contributed by atoms with van der Waals surface area (Å²) in [6.07, 6.45) is -3.19. The van der Waals surface area contributed by atoms with E-state index in [0.717, 1.165) is 6.08 Å². The molecule has 1 aliphatic heterocycles. The van der Waals surface area contributed by atoms with Crippen LogP contribution in [0.3, 0.4) is 0 Å². The highest BCUT2D eigenvalue weighted by molar-refractivity contribution is 6.09. The van der Waals surface area contributed by atoms with Gasteiger partial charge < -0.3 is 5.32 Å². The van der Waals surface area contributed by atoms with Gasteiger partial charge in [-0.3, -0.25) is 4.99 Å².